The van der Waals surface area contributed by atoms with Crippen molar-refractivity contribution in [2.75, 3.05) is 0 Å². The lowest BCUT2D eigenvalue weighted by Crippen LogP contribution is -2.33. The van der Waals surface area contributed by atoms with Crippen molar-refractivity contribution in [3.05, 3.63) is 0 Å². The van der Waals surface area contributed by atoms with Crippen molar-refractivity contribution < 1.29 is 0 Å². The molecule has 0 saturated heterocycles. The zero-order valence-electron chi connectivity index (χ0n) is 8.25. The Morgan fingerprint density at radius 1 is 1.25 bits per heavy atom. The summed E-state index contributed by atoms with van der Waals surface area (Å²) in [5, 5.41) is 0. The zero-order chi connectivity index (χ0) is 8.27. The van der Waals surface area contributed by atoms with Crippen molar-refractivity contribution in [3.8, 4) is 0 Å². The van der Waals surface area contributed by atoms with Crippen LogP contribution in [-0.4, -0.2) is 6.04 Å². The van der Waals surface area contributed by atoms with E-state index >= 15 is 0 Å². The highest BCUT2D eigenvalue weighted by Crippen LogP contribution is 2.27. The molecule has 2 unspecified atom stereocenters. The van der Waals surface area contributed by atoms with E-state index in [4.69, 9.17) is 5.73 Å². The average molecular weight is 192 g/mol. The molecule has 0 aliphatic heterocycles. The Bertz CT molecular complexity index is 114. The Morgan fingerprint density at radius 2 is 1.83 bits per heavy atom. The second kappa shape index (κ2) is 5.82. The van der Waals surface area contributed by atoms with Crippen molar-refractivity contribution in [2.24, 2.45) is 17.6 Å². The van der Waals surface area contributed by atoms with Gasteiger partial charge in [-0.15, -0.1) is 12.4 Å². The van der Waals surface area contributed by atoms with E-state index in [0.29, 0.717) is 6.04 Å². The summed E-state index contributed by atoms with van der Waals surface area (Å²) in [5.74, 6) is 1.65. The zero-order valence-corrected chi connectivity index (χ0v) is 9.07. The van der Waals surface area contributed by atoms with Crippen molar-refractivity contribution in [2.45, 2.75) is 52.0 Å². The van der Waals surface area contributed by atoms with Crippen LogP contribution in [0, 0.1) is 11.8 Å². The van der Waals surface area contributed by atoms with Gasteiger partial charge >= 0.3 is 0 Å². The normalized spacial score (nSPS) is 30.0. The molecule has 1 aliphatic carbocycles. The second-order valence-corrected chi connectivity index (χ2v) is 4.34. The van der Waals surface area contributed by atoms with E-state index in [2.05, 4.69) is 13.8 Å². The van der Waals surface area contributed by atoms with Gasteiger partial charge in [-0.05, 0) is 31.1 Å². The molecule has 1 rings (SSSR count). The van der Waals surface area contributed by atoms with Gasteiger partial charge in [0.05, 0.1) is 0 Å². The monoisotopic (exact) mass is 191 g/mol. The number of nitrogens with two attached hydrogens (primary N) is 1. The Morgan fingerprint density at radius 3 is 2.33 bits per heavy atom. The van der Waals surface area contributed by atoms with Crippen LogP contribution in [0.4, 0.5) is 0 Å². The van der Waals surface area contributed by atoms with Crippen LogP contribution in [0.3, 0.4) is 0 Å². The van der Waals surface area contributed by atoms with Crippen molar-refractivity contribution in [1.29, 1.82) is 0 Å². The minimum atomic E-state index is 0. The first-order valence-electron chi connectivity index (χ1n) is 4.95. The minimum absolute atomic E-state index is 0. The highest BCUT2D eigenvalue weighted by molar-refractivity contribution is 5.85. The standard InChI is InChI=1S/C10H21N.ClH/c1-8(2)7-9-5-3-4-6-10(9)11;/h8-10H,3-7,11H2,1-2H3;1H. The van der Waals surface area contributed by atoms with E-state index < -0.39 is 0 Å². The molecule has 1 fully saturated rings. The smallest absolute Gasteiger partial charge is 0.00672 e. The lowest BCUT2D eigenvalue weighted by atomic mass is 9.80. The van der Waals surface area contributed by atoms with Gasteiger partial charge in [0.1, 0.15) is 0 Å². The lowest BCUT2D eigenvalue weighted by Gasteiger charge is -2.29. The molecule has 0 spiro atoms. The Balaban J connectivity index is 0.00000121. The van der Waals surface area contributed by atoms with Crippen molar-refractivity contribution in [1.82, 2.24) is 0 Å². The van der Waals surface area contributed by atoms with Gasteiger partial charge in [0.25, 0.3) is 0 Å². The summed E-state index contributed by atoms with van der Waals surface area (Å²) in [4.78, 5) is 0. The van der Waals surface area contributed by atoms with Gasteiger partial charge in [0, 0.05) is 6.04 Å². The highest BCUT2D eigenvalue weighted by Gasteiger charge is 2.21. The maximum absolute atomic E-state index is 6.03. The van der Waals surface area contributed by atoms with Crippen LogP contribution in [0.2, 0.25) is 0 Å². The molecule has 12 heavy (non-hydrogen) atoms. The molecule has 0 amide bonds. The van der Waals surface area contributed by atoms with Gasteiger partial charge in [-0.1, -0.05) is 26.7 Å². The van der Waals surface area contributed by atoms with Crippen LogP contribution >= 0.6 is 12.4 Å². The quantitative estimate of drug-likeness (QED) is 0.714. The lowest BCUT2D eigenvalue weighted by molar-refractivity contribution is 0.265. The van der Waals surface area contributed by atoms with E-state index in [-0.39, 0.29) is 12.4 Å². The molecule has 2 heteroatoms. The van der Waals surface area contributed by atoms with Gasteiger partial charge in [-0.25, -0.2) is 0 Å². The SMILES string of the molecule is CC(C)CC1CCCCC1N.Cl. The molecule has 0 aromatic rings. The second-order valence-electron chi connectivity index (χ2n) is 4.34. The molecule has 2 N–H and O–H groups in total. The molecule has 1 saturated carbocycles. The molecule has 0 radical (unpaired) electrons. The van der Waals surface area contributed by atoms with Gasteiger partial charge in [0.15, 0.2) is 0 Å². The molecule has 0 aromatic heterocycles. The Labute approximate surface area is 82.5 Å². The fourth-order valence-corrected chi connectivity index (χ4v) is 2.13. The van der Waals surface area contributed by atoms with Crippen LogP contribution in [0.5, 0.6) is 0 Å². The fourth-order valence-electron chi connectivity index (χ4n) is 2.13. The Hall–Kier alpha value is 0.250. The number of rotatable bonds is 2. The van der Waals surface area contributed by atoms with Crippen LogP contribution in [0.25, 0.3) is 0 Å². The predicted molar refractivity (Wildman–Crippen MR) is 56.6 cm³/mol. The third-order valence-corrected chi connectivity index (χ3v) is 2.74. The van der Waals surface area contributed by atoms with Gasteiger partial charge in [-0.2, -0.15) is 0 Å². The molecular formula is C10H22ClN. The molecule has 0 bridgehead atoms. The minimum Gasteiger partial charge on any atom is -0.327 e. The summed E-state index contributed by atoms with van der Waals surface area (Å²) in [6.45, 7) is 4.59. The molecule has 74 valence electrons. The first-order chi connectivity index (χ1) is 5.20. The summed E-state index contributed by atoms with van der Waals surface area (Å²) >= 11 is 0. The van der Waals surface area contributed by atoms with Crippen LogP contribution in [-0.2, 0) is 0 Å². The topological polar surface area (TPSA) is 26.0 Å². The summed E-state index contributed by atoms with van der Waals surface area (Å²) in [7, 11) is 0. The molecule has 2 atom stereocenters. The first-order valence-corrected chi connectivity index (χ1v) is 4.95. The summed E-state index contributed by atoms with van der Waals surface area (Å²) < 4.78 is 0. The van der Waals surface area contributed by atoms with E-state index in [1.54, 1.807) is 0 Å². The van der Waals surface area contributed by atoms with Crippen LogP contribution in [0.15, 0.2) is 0 Å². The van der Waals surface area contributed by atoms with E-state index in [9.17, 15) is 0 Å². The van der Waals surface area contributed by atoms with E-state index in [0.717, 1.165) is 11.8 Å². The third-order valence-electron chi connectivity index (χ3n) is 2.74. The summed E-state index contributed by atoms with van der Waals surface area (Å²) in [5.41, 5.74) is 6.03. The number of halogens is 1. The first kappa shape index (κ1) is 12.2. The Kier molecular flexibility index (Phi) is 5.94. The van der Waals surface area contributed by atoms with Crippen molar-refractivity contribution >= 4 is 12.4 Å². The molecule has 1 nitrogen and oxygen atoms in total. The maximum Gasteiger partial charge on any atom is 0.00672 e. The molecule has 0 aromatic carbocycles. The van der Waals surface area contributed by atoms with Crippen LogP contribution < -0.4 is 5.73 Å². The molecule has 0 heterocycles. The fraction of sp³-hybridized carbons (Fsp3) is 1.00. The van der Waals surface area contributed by atoms with Gasteiger partial charge in [0.2, 0.25) is 0 Å². The summed E-state index contributed by atoms with van der Waals surface area (Å²) in [6.07, 6.45) is 6.73. The highest BCUT2D eigenvalue weighted by atomic mass is 35.5. The van der Waals surface area contributed by atoms with Gasteiger partial charge in [-0.3, -0.25) is 0 Å². The molecular weight excluding hydrogens is 170 g/mol. The van der Waals surface area contributed by atoms with Gasteiger partial charge < -0.3 is 5.73 Å². The predicted octanol–water partition coefficient (Wildman–Crippen LogP) is 2.97. The molecule has 1 aliphatic rings. The average Bonchev–Trinajstić information content (AvgIpc) is 1.93. The number of hydrogen-bond donors (Lipinski definition) is 1. The third kappa shape index (κ3) is 3.77. The maximum atomic E-state index is 6.03. The van der Waals surface area contributed by atoms with Crippen molar-refractivity contribution in [3.63, 3.8) is 0 Å². The van der Waals surface area contributed by atoms with Crippen LogP contribution in [0.1, 0.15) is 46.0 Å². The van der Waals surface area contributed by atoms with E-state index in [1.165, 1.54) is 32.1 Å². The largest absolute Gasteiger partial charge is 0.327 e. The number of hydrogen-bond acceptors (Lipinski definition) is 1. The summed E-state index contributed by atoms with van der Waals surface area (Å²) in [6, 6.07) is 0.506. The van der Waals surface area contributed by atoms with E-state index in [1.807, 2.05) is 0 Å².